The first-order valence-electron chi connectivity index (χ1n) is 8.66. The highest BCUT2D eigenvalue weighted by molar-refractivity contribution is 6.06. The minimum Gasteiger partial charge on any atom is -0.497 e. The van der Waals surface area contributed by atoms with Crippen LogP contribution < -0.4 is 19.5 Å². The molecule has 0 saturated carbocycles. The van der Waals surface area contributed by atoms with E-state index in [0.717, 1.165) is 0 Å². The van der Waals surface area contributed by atoms with E-state index in [-0.39, 0.29) is 11.8 Å². The molecular weight excluding hydrogens is 348 g/mol. The molecule has 3 rings (SSSR count). The molecule has 1 N–H and O–H groups in total. The van der Waals surface area contributed by atoms with Gasteiger partial charge in [-0.05, 0) is 37.3 Å². The topological polar surface area (TPSA) is 77.1 Å². The molecule has 1 aliphatic rings. The number of nitrogens with one attached hydrogen (secondary N) is 1. The van der Waals surface area contributed by atoms with E-state index in [4.69, 9.17) is 14.2 Å². The summed E-state index contributed by atoms with van der Waals surface area (Å²) < 4.78 is 16.0. The van der Waals surface area contributed by atoms with Crippen LogP contribution >= 0.6 is 0 Å². The maximum absolute atomic E-state index is 12.6. The van der Waals surface area contributed by atoms with Gasteiger partial charge in [0.1, 0.15) is 23.9 Å². The van der Waals surface area contributed by atoms with Crippen LogP contribution in [-0.4, -0.2) is 50.6 Å². The van der Waals surface area contributed by atoms with Crippen LogP contribution in [0.4, 0.5) is 5.69 Å². The third-order valence-corrected chi connectivity index (χ3v) is 4.37. The van der Waals surface area contributed by atoms with Gasteiger partial charge in [0.2, 0.25) is 0 Å². The van der Waals surface area contributed by atoms with E-state index in [2.05, 4.69) is 5.32 Å². The highest BCUT2D eigenvalue weighted by Gasteiger charge is 2.23. The van der Waals surface area contributed by atoms with Crippen molar-refractivity contribution < 1.29 is 23.8 Å². The summed E-state index contributed by atoms with van der Waals surface area (Å²) in [5.74, 6) is 1.12. The van der Waals surface area contributed by atoms with Crippen LogP contribution in [0.5, 0.6) is 17.2 Å². The average molecular weight is 370 g/mol. The van der Waals surface area contributed by atoms with E-state index >= 15 is 0 Å². The van der Waals surface area contributed by atoms with E-state index in [1.54, 1.807) is 41.3 Å². The van der Waals surface area contributed by atoms with Gasteiger partial charge in [-0.1, -0.05) is 0 Å². The number of amides is 2. The molecular formula is C20H22N2O5. The Morgan fingerprint density at radius 3 is 2.48 bits per heavy atom. The van der Waals surface area contributed by atoms with Crippen molar-refractivity contribution >= 4 is 17.5 Å². The van der Waals surface area contributed by atoms with Crippen LogP contribution in [0.1, 0.15) is 27.6 Å². The molecule has 0 spiro atoms. The van der Waals surface area contributed by atoms with E-state index < -0.39 is 0 Å². The summed E-state index contributed by atoms with van der Waals surface area (Å²) in [6.45, 7) is 3.50. The minimum absolute atomic E-state index is 0.107. The van der Waals surface area contributed by atoms with Gasteiger partial charge in [-0.25, -0.2) is 0 Å². The number of benzene rings is 2. The predicted octanol–water partition coefficient (Wildman–Crippen LogP) is 2.81. The molecule has 0 saturated heterocycles. The van der Waals surface area contributed by atoms with E-state index in [0.29, 0.717) is 53.8 Å². The standard InChI is InChI=1S/C20H22N2O5/c1-4-22-7-8-27-18-6-5-14(11-17(18)20(22)24)21-19(23)13-9-15(25-2)12-16(10-13)26-3/h5-6,9-12H,4,7-8H2,1-3H3,(H,21,23). The molecule has 142 valence electrons. The predicted molar refractivity (Wildman–Crippen MR) is 101 cm³/mol. The Balaban J connectivity index is 1.86. The molecule has 1 heterocycles. The largest absolute Gasteiger partial charge is 0.497 e. The number of carbonyl (C=O) groups is 2. The van der Waals surface area contributed by atoms with Crippen molar-refractivity contribution in [3.8, 4) is 17.2 Å². The molecule has 0 aliphatic carbocycles. The van der Waals surface area contributed by atoms with Gasteiger partial charge >= 0.3 is 0 Å². The fraction of sp³-hybridized carbons (Fsp3) is 0.300. The molecule has 0 aromatic heterocycles. The lowest BCUT2D eigenvalue weighted by Crippen LogP contribution is -2.32. The van der Waals surface area contributed by atoms with Gasteiger partial charge < -0.3 is 24.4 Å². The van der Waals surface area contributed by atoms with Crippen molar-refractivity contribution in [1.82, 2.24) is 4.90 Å². The van der Waals surface area contributed by atoms with Crippen molar-refractivity contribution in [2.45, 2.75) is 6.92 Å². The van der Waals surface area contributed by atoms with Crippen LogP contribution in [0.2, 0.25) is 0 Å². The van der Waals surface area contributed by atoms with Gasteiger partial charge in [-0.15, -0.1) is 0 Å². The molecule has 2 aromatic carbocycles. The maximum Gasteiger partial charge on any atom is 0.257 e. The van der Waals surface area contributed by atoms with Crippen molar-refractivity contribution in [3.63, 3.8) is 0 Å². The fourth-order valence-electron chi connectivity index (χ4n) is 2.88. The number of ether oxygens (including phenoxy) is 3. The van der Waals surface area contributed by atoms with Gasteiger partial charge in [0, 0.05) is 23.9 Å². The quantitative estimate of drug-likeness (QED) is 0.876. The molecule has 27 heavy (non-hydrogen) atoms. The second-order valence-corrected chi connectivity index (χ2v) is 6.00. The number of carbonyl (C=O) groups excluding carboxylic acids is 2. The van der Waals surface area contributed by atoms with Gasteiger partial charge in [-0.3, -0.25) is 9.59 Å². The number of likely N-dealkylation sites (N-methyl/N-ethyl adjacent to an activating group) is 1. The summed E-state index contributed by atoms with van der Waals surface area (Å²) in [5.41, 5.74) is 1.34. The van der Waals surface area contributed by atoms with Crippen LogP contribution in [0.25, 0.3) is 0 Å². The second kappa shape index (κ2) is 7.99. The Morgan fingerprint density at radius 2 is 1.85 bits per heavy atom. The number of hydrogen-bond acceptors (Lipinski definition) is 5. The molecule has 7 heteroatoms. The first kappa shape index (κ1) is 18.6. The van der Waals surface area contributed by atoms with Gasteiger partial charge in [-0.2, -0.15) is 0 Å². The number of methoxy groups -OCH3 is 2. The highest BCUT2D eigenvalue weighted by atomic mass is 16.5. The molecule has 0 fully saturated rings. The Hall–Kier alpha value is -3.22. The Bertz CT molecular complexity index is 843. The van der Waals surface area contributed by atoms with Gasteiger partial charge in [0.05, 0.1) is 26.3 Å². The molecule has 0 atom stereocenters. The second-order valence-electron chi connectivity index (χ2n) is 6.00. The monoisotopic (exact) mass is 370 g/mol. The molecule has 0 bridgehead atoms. The van der Waals surface area contributed by atoms with Crippen molar-refractivity contribution in [2.24, 2.45) is 0 Å². The fourth-order valence-corrected chi connectivity index (χ4v) is 2.88. The summed E-state index contributed by atoms with van der Waals surface area (Å²) in [5, 5.41) is 2.81. The molecule has 2 aromatic rings. The third-order valence-electron chi connectivity index (χ3n) is 4.37. The lowest BCUT2D eigenvalue weighted by Gasteiger charge is -2.17. The summed E-state index contributed by atoms with van der Waals surface area (Å²) in [4.78, 5) is 27.0. The number of hydrogen-bond donors (Lipinski definition) is 1. The van der Waals surface area contributed by atoms with Crippen LogP contribution in [0.3, 0.4) is 0 Å². The SMILES string of the molecule is CCN1CCOc2ccc(NC(=O)c3cc(OC)cc(OC)c3)cc2C1=O. The highest BCUT2D eigenvalue weighted by Crippen LogP contribution is 2.28. The van der Waals surface area contributed by atoms with Crippen molar-refractivity contribution in [2.75, 3.05) is 39.2 Å². The molecule has 2 amide bonds. The Morgan fingerprint density at radius 1 is 1.15 bits per heavy atom. The number of anilines is 1. The average Bonchev–Trinajstić information content (AvgIpc) is 2.86. The molecule has 7 nitrogen and oxygen atoms in total. The summed E-state index contributed by atoms with van der Waals surface area (Å²) >= 11 is 0. The first-order valence-corrected chi connectivity index (χ1v) is 8.66. The van der Waals surface area contributed by atoms with Gasteiger partial charge in [0.25, 0.3) is 11.8 Å². The summed E-state index contributed by atoms with van der Waals surface area (Å²) in [6.07, 6.45) is 0. The third kappa shape index (κ3) is 3.97. The van der Waals surface area contributed by atoms with Crippen LogP contribution in [0, 0.1) is 0 Å². The van der Waals surface area contributed by atoms with Crippen LogP contribution in [0.15, 0.2) is 36.4 Å². The van der Waals surface area contributed by atoms with Crippen LogP contribution in [-0.2, 0) is 0 Å². The van der Waals surface area contributed by atoms with Crippen molar-refractivity contribution in [3.05, 3.63) is 47.5 Å². The molecule has 1 aliphatic heterocycles. The van der Waals surface area contributed by atoms with E-state index in [1.807, 2.05) is 6.92 Å². The molecule has 0 radical (unpaired) electrons. The zero-order chi connectivity index (χ0) is 19.4. The zero-order valence-corrected chi connectivity index (χ0v) is 15.6. The number of nitrogens with zero attached hydrogens (tertiary/aromatic N) is 1. The number of rotatable bonds is 5. The minimum atomic E-state index is -0.332. The lowest BCUT2D eigenvalue weighted by molar-refractivity contribution is 0.0764. The van der Waals surface area contributed by atoms with Gasteiger partial charge in [0.15, 0.2) is 0 Å². The first-order chi connectivity index (χ1) is 13.0. The summed E-state index contributed by atoms with van der Waals surface area (Å²) in [6, 6.07) is 9.98. The number of fused-ring (bicyclic) bond motifs is 1. The maximum atomic E-state index is 12.6. The zero-order valence-electron chi connectivity index (χ0n) is 15.6. The normalized spacial score (nSPS) is 13.3. The lowest BCUT2D eigenvalue weighted by atomic mass is 10.1. The summed E-state index contributed by atoms with van der Waals surface area (Å²) in [7, 11) is 3.04. The molecule has 0 unspecified atom stereocenters. The Labute approximate surface area is 157 Å². The van der Waals surface area contributed by atoms with E-state index in [9.17, 15) is 9.59 Å². The van der Waals surface area contributed by atoms with Crippen molar-refractivity contribution in [1.29, 1.82) is 0 Å². The van der Waals surface area contributed by atoms with E-state index in [1.165, 1.54) is 14.2 Å². The smallest absolute Gasteiger partial charge is 0.257 e. The Kier molecular flexibility index (Phi) is 5.49.